The first-order chi connectivity index (χ1) is 16.3. The first-order valence-electron chi connectivity index (χ1n) is 10.9. The van der Waals surface area contributed by atoms with Crippen LogP contribution in [0.5, 0.6) is 0 Å². The van der Waals surface area contributed by atoms with Gasteiger partial charge >= 0.3 is 0 Å². The van der Waals surface area contributed by atoms with Crippen molar-refractivity contribution in [2.75, 3.05) is 0 Å². The molecule has 0 spiro atoms. The summed E-state index contributed by atoms with van der Waals surface area (Å²) in [7, 11) is 0. The van der Waals surface area contributed by atoms with Gasteiger partial charge in [-0.3, -0.25) is 2.78 Å². The third-order valence-electron chi connectivity index (χ3n) is 7.18. The maximum Gasteiger partial charge on any atom is 0.198 e. The smallest absolute Gasteiger partial charge is 0.198 e. The molecule has 0 radical (unpaired) electrons. The molecule has 9 rings (SSSR count). The summed E-state index contributed by atoms with van der Waals surface area (Å²) in [5, 5.41) is 7.16. The van der Waals surface area contributed by atoms with Gasteiger partial charge in [-0.25, -0.2) is 0 Å². The van der Waals surface area contributed by atoms with Crippen LogP contribution in [0.4, 0.5) is 0 Å². The summed E-state index contributed by atoms with van der Waals surface area (Å²) in [6, 6.07) is 27.8. The van der Waals surface area contributed by atoms with Crippen molar-refractivity contribution in [3.8, 4) is 0 Å². The van der Waals surface area contributed by atoms with Crippen molar-refractivity contribution in [1.29, 1.82) is 0 Å². The lowest BCUT2D eigenvalue weighted by Crippen LogP contribution is -1.85. The van der Waals surface area contributed by atoms with Gasteiger partial charge in [0.15, 0.2) is 16.7 Å². The van der Waals surface area contributed by atoms with E-state index in [4.69, 9.17) is 8.83 Å². The number of benzene rings is 4. The van der Waals surface area contributed by atoms with E-state index in [-0.39, 0.29) is 0 Å². The molecule has 33 heavy (non-hydrogen) atoms. The molecule has 0 fully saturated rings. The molecule has 0 unspecified atom stereocenters. The largest absolute Gasteiger partial charge is 0.450 e. The van der Waals surface area contributed by atoms with E-state index in [1.54, 1.807) is 0 Å². The van der Waals surface area contributed by atoms with Gasteiger partial charge in [-0.2, -0.15) is 0 Å². The van der Waals surface area contributed by atoms with Crippen LogP contribution < -0.4 is 0 Å². The van der Waals surface area contributed by atoms with Crippen LogP contribution in [0.2, 0.25) is 0 Å². The molecule has 9 aromatic rings. The molecule has 0 saturated carbocycles. The summed E-state index contributed by atoms with van der Waals surface area (Å²) in [5.74, 6) is 0. The van der Waals surface area contributed by atoms with Crippen LogP contribution in [0, 0.1) is 0 Å². The summed E-state index contributed by atoms with van der Waals surface area (Å²) < 4.78 is 17.6. The standard InChI is InChI=1S/C28H13IN2O2/c29-31-19-10-5-8-15-14-6-1-3-9-18(14)30-24-17(12-13-20(31)23(24)22(15)19)26-25(30)28-27(33-26)16-7-2-4-11-21(16)32-28/h1-13H. The number of furan rings is 2. The molecule has 5 heterocycles. The Labute approximate surface area is 199 Å². The Morgan fingerprint density at radius 3 is 2.21 bits per heavy atom. The van der Waals surface area contributed by atoms with Gasteiger partial charge in [0.25, 0.3) is 0 Å². The quantitative estimate of drug-likeness (QED) is 0.182. The summed E-state index contributed by atoms with van der Waals surface area (Å²) in [5.41, 5.74) is 9.12. The average Bonchev–Trinajstić information content (AvgIpc) is 3.54. The molecule has 5 heteroatoms. The fourth-order valence-electron chi connectivity index (χ4n) is 5.89. The minimum Gasteiger partial charge on any atom is -0.450 e. The van der Waals surface area contributed by atoms with Gasteiger partial charge < -0.3 is 13.2 Å². The predicted molar refractivity (Wildman–Crippen MR) is 143 cm³/mol. The Morgan fingerprint density at radius 1 is 0.515 bits per heavy atom. The number of hydrogen-bond donors (Lipinski definition) is 0. The summed E-state index contributed by atoms with van der Waals surface area (Å²) in [6.45, 7) is 0. The molecule has 0 N–H and O–H groups in total. The van der Waals surface area contributed by atoms with Gasteiger partial charge in [-0.05, 0) is 41.8 Å². The SMILES string of the molecule is In1c2cccc3c4ccccc4n4c5c(oc6c7ccccc7oc65)c5ccc1c(c32)c54. The van der Waals surface area contributed by atoms with Gasteiger partial charge in [-0.15, -0.1) is 0 Å². The van der Waals surface area contributed by atoms with Crippen LogP contribution in [0.25, 0.3) is 82.2 Å². The van der Waals surface area contributed by atoms with Crippen molar-refractivity contribution >= 4 is 105 Å². The van der Waals surface area contributed by atoms with E-state index in [9.17, 15) is 0 Å². The molecule has 0 aliphatic heterocycles. The van der Waals surface area contributed by atoms with Crippen molar-refractivity contribution in [1.82, 2.24) is 7.18 Å². The van der Waals surface area contributed by atoms with E-state index in [2.05, 4.69) is 90.7 Å². The minimum absolute atomic E-state index is 0.807. The van der Waals surface area contributed by atoms with Gasteiger partial charge in [0, 0.05) is 21.5 Å². The van der Waals surface area contributed by atoms with E-state index in [0.29, 0.717) is 0 Å². The van der Waals surface area contributed by atoms with E-state index in [1.165, 1.54) is 38.1 Å². The van der Waals surface area contributed by atoms with Crippen molar-refractivity contribution in [3.63, 3.8) is 0 Å². The second-order valence-corrected chi connectivity index (χ2v) is 9.69. The predicted octanol–water partition coefficient (Wildman–Crippen LogP) is 8.64. The van der Waals surface area contributed by atoms with Crippen LogP contribution in [-0.4, -0.2) is 7.18 Å². The van der Waals surface area contributed by atoms with E-state index in [1.807, 2.05) is 18.2 Å². The lowest BCUT2D eigenvalue weighted by atomic mass is 10.0. The second-order valence-electron chi connectivity index (χ2n) is 8.73. The van der Waals surface area contributed by atoms with Gasteiger partial charge in [0.1, 0.15) is 11.1 Å². The molecular formula is C28H13IN2O2. The van der Waals surface area contributed by atoms with Crippen molar-refractivity contribution in [2.45, 2.75) is 0 Å². The zero-order chi connectivity index (χ0) is 21.4. The summed E-state index contributed by atoms with van der Waals surface area (Å²) >= 11 is 2.42. The van der Waals surface area contributed by atoms with Crippen molar-refractivity contribution in [3.05, 3.63) is 78.9 Å². The average molecular weight is 536 g/mol. The van der Waals surface area contributed by atoms with E-state index < -0.39 is 0 Å². The number of halogens is 1. The van der Waals surface area contributed by atoms with Crippen LogP contribution >= 0.6 is 22.9 Å². The Kier molecular flexibility index (Phi) is 2.77. The highest BCUT2D eigenvalue weighted by Crippen LogP contribution is 2.47. The van der Waals surface area contributed by atoms with E-state index >= 15 is 0 Å². The maximum atomic E-state index is 6.58. The Hall–Kier alpha value is -3.71. The first kappa shape index (κ1) is 16.9. The van der Waals surface area contributed by atoms with Gasteiger partial charge in [-0.1, -0.05) is 42.5 Å². The maximum absolute atomic E-state index is 6.58. The molecule has 4 nitrogen and oxygen atoms in total. The third-order valence-corrected chi connectivity index (χ3v) is 8.22. The lowest BCUT2D eigenvalue weighted by Gasteiger charge is -2.02. The molecule has 0 bridgehead atoms. The normalized spacial score (nSPS) is 13.0. The van der Waals surface area contributed by atoms with Crippen LogP contribution in [0.15, 0.2) is 87.7 Å². The van der Waals surface area contributed by atoms with Crippen molar-refractivity contribution < 1.29 is 8.83 Å². The number of fused-ring (bicyclic) bond motifs is 10. The second kappa shape index (κ2) is 5.43. The molecule has 0 aliphatic rings. The molecular weight excluding hydrogens is 523 g/mol. The van der Waals surface area contributed by atoms with Crippen LogP contribution in [0.1, 0.15) is 0 Å². The van der Waals surface area contributed by atoms with Crippen LogP contribution in [-0.2, 0) is 0 Å². The Morgan fingerprint density at radius 2 is 1.27 bits per heavy atom. The fraction of sp³-hybridized carbons (Fsp3) is 0. The molecule has 0 atom stereocenters. The summed E-state index contributed by atoms with van der Waals surface area (Å²) in [6.07, 6.45) is 0. The van der Waals surface area contributed by atoms with Crippen LogP contribution in [0.3, 0.4) is 0 Å². The Balaban J connectivity index is 1.75. The highest BCUT2D eigenvalue weighted by Gasteiger charge is 2.26. The molecule has 5 aromatic heterocycles. The third kappa shape index (κ3) is 1.76. The summed E-state index contributed by atoms with van der Waals surface area (Å²) in [4.78, 5) is 0. The highest BCUT2D eigenvalue weighted by atomic mass is 127. The lowest BCUT2D eigenvalue weighted by molar-refractivity contribution is 0.654. The molecule has 0 amide bonds. The first-order valence-corrected chi connectivity index (χ1v) is 11.9. The molecule has 4 aromatic carbocycles. The number of para-hydroxylation sites is 2. The number of nitrogens with zero attached hydrogens (tertiary/aromatic N) is 2. The zero-order valence-corrected chi connectivity index (χ0v) is 19.3. The Bertz CT molecular complexity index is 2260. The number of hydrogen-bond acceptors (Lipinski definition) is 2. The monoisotopic (exact) mass is 536 g/mol. The van der Waals surface area contributed by atoms with Gasteiger partial charge in [0.2, 0.25) is 0 Å². The van der Waals surface area contributed by atoms with Crippen molar-refractivity contribution in [2.24, 2.45) is 0 Å². The number of rotatable bonds is 0. The zero-order valence-electron chi connectivity index (χ0n) is 17.1. The van der Waals surface area contributed by atoms with E-state index in [0.717, 1.165) is 44.1 Å². The highest BCUT2D eigenvalue weighted by molar-refractivity contribution is 14.1. The molecule has 154 valence electrons. The molecule has 0 aliphatic carbocycles. The molecule has 0 saturated heterocycles. The minimum atomic E-state index is 0.807. The topological polar surface area (TPSA) is 35.6 Å². The number of aromatic nitrogens is 2. The fourth-order valence-corrected chi connectivity index (χ4v) is 6.70. The van der Waals surface area contributed by atoms with Gasteiger partial charge in [0.05, 0.1) is 50.3 Å².